The van der Waals surface area contributed by atoms with Crippen molar-refractivity contribution in [1.82, 2.24) is 0 Å². The molecule has 0 aliphatic rings. The minimum atomic E-state index is 0.767. The summed E-state index contributed by atoms with van der Waals surface area (Å²) in [6.07, 6.45) is 3.45. The summed E-state index contributed by atoms with van der Waals surface area (Å²) >= 11 is 0. The third-order valence-electron chi connectivity index (χ3n) is 3.97. The number of hydrogen-bond donors (Lipinski definition) is 0. The number of aryl methyl sites for hydroxylation is 1. The average molecular weight is 305 g/mol. The Morgan fingerprint density at radius 2 is 1.78 bits per heavy atom. The van der Waals surface area contributed by atoms with E-state index in [1.54, 1.807) is 7.11 Å². The summed E-state index contributed by atoms with van der Waals surface area (Å²) in [6.45, 7) is 2.01. The molecule has 0 radical (unpaired) electrons. The molecule has 2 aromatic rings. The summed E-state index contributed by atoms with van der Waals surface area (Å²) in [6, 6.07) is 21.3. The van der Waals surface area contributed by atoms with Crippen LogP contribution in [0.2, 0.25) is 0 Å². The number of ether oxygens (including phenoxy) is 1. The maximum atomic E-state index is 9.26. The van der Waals surface area contributed by atoms with Crippen molar-refractivity contribution in [2.24, 2.45) is 0 Å². The molecule has 2 nitrogen and oxygen atoms in total. The van der Waals surface area contributed by atoms with Crippen LogP contribution in [-0.4, -0.2) is 7.11 Å². The van der Waals surface area contributed by atoms with Gasteiger partial charge in [-0.25, -0.2) is 0 Å². The Kier molecular flexibility index (Phi) is 6.44. The Morgan fingerprint density at radius 1 is 1.04 bits per heavy atom. The van der Waals surface area contributed by atoms with E-state index in [4.69, 9.17) is 4.74 Å². The predicted octanol–water partition coefficient (Wildman–Crippen LogP) is 5.51. The summed E-state index contributed by atoms with van der Waals surface area (Å²) in [7, 11) is 1.64. The summed E-state index contributed by atoms with van der Waals surface area (Å²) in [5.74, 6) is 0.811. The molecule has 2 heteroatoms. The van der Waals surface area contributed by atoms with Crippen molar-refractivity contribution in [3.63, 3.8) is 0 Å². The molecule has 0 amide bonds. The Labute approximate surface area is 139 Å². The second-order valence-electron chi connectivity index (χ2n) is 5.49. The first kappa shape index (κ1) is 16.8. The topological polar surface area (TPSA) is 33.0 Å². The van der Waals surface area contributed by atoms with Gasteiger partial charge in [0.15, 0.2) is 0 Å². The summed E-state index contributed by atoms with van der Waals surface area (Å²) in [5.41, 5.74) is 4.55. The quantitative estimate of drug-likeness (QED) is 0.499. The lowest BCUT2D eigenvalue weighted by molar-refractivity contribution is 0.276. The van der Waals surface area contributed by atoms with Crippen LogP contribution in [0.5, 0.6) is 0 Å². The largest absolute Gasteiger partial charge is 0.500 e. The number of nitrogens with zero attached hydrogens (tertiary/aromatic N) is 1. The minimum absolute atomic E-state index is 0.767. The molecule has 0 aliphatic carbocycles. The molecule has 2 aromatic carbocycles. The van der Waals surface area contributed by atoms with Crippen LogP contribution < -0.4 is 0 Å². The summed E-state index contributed by atoms with van der Waals surface area (Å²) in [5, 5.41) is 9.26. The van der Waals surface area contributed by atoms with E-state index in [1.807, 2.05) is 13.0 Å². The molecule has 0 unspecified atom stereocenters. The standard InChI is InChI=1S/C21H23NO/c1-3-21(23-2)20(16-22)14-8-10-17-9-7-13-19(15-17)18-11-5-4-6-12-18/h4-7,9,11-13,15H,3,8,10,14H2,1-2H3/b21-20+. The molecule has 0 fully saturated rings. The van der Waals surface area contributed by atoms with Crippen molar-refractivity contribution in [2.75, 3.05) is 7.11 Å². The number of nitriles is 1. The highest BCUT2D eigenvalue weighted by Crippen LogP contribution is 2.22. The highest BCUT2D eigenvalue weighted by atomic mass is 16.5. The molecule has 0 N–H and O–H groups in total. The monoisotopic (exact) mass is 305 g/mol. The Hall–Kier alpha value is -2.53. The first-order chi connectivity index (χ1) is 11.3. The van der Waals surface area contributed by atoms with E-state index >= 15 is 0 Å². The molecule has 0 aromatic heterocycles. The lowest BCUT2D eigenvalue weighted by Gasteiger charge is -2.08. The molecule has 0 spiro atoms. The fraction of sp³-hybridized carbons (Fsp3) is 0.286. The van der Waals surface area contributed by atoms with Crippen LogP contribution >= 0.6 is 0 Å². The zero-order valence-electron chi connectivity index (χ0n) is 13.9. The van der Waals surface area contributed by atoms with Gasteiger partial charge in [0.25, 0.3) is 0 Å². The Bertz CT molecular complexity index is 689. The van der Waals surface area contributed by atoms with Crippen LogP contribution in [0.15, 0.2) is 65.9 Å². The van der Waals surface area contributed by atoms with E-state index in [0.29, 0.717) is 0 Å². The molecule has 0 aliphatic heterocycles. The van der Waals surface area contributed by atoms with Gasteiger partial charge in [0.2, 0.25) is 0 Å². The Balaban J connectivity index is 2.02. The molecular formula is C21H23NO. The molecule has 2 rings (SSSR count). The molecule has 118 valence electrons. The number of methoxy groups -OCH3 is 1. The molecular weight excluding hydrogens is 282 g/mol. The maximum Gasteiger partial charge on any atom is 0.109 e. The van der Waals surface area contributed by atoms with Crippen molar-refractivity contribution >= 4 is 0 Å². The summed E-state index contributed by atoms with van der Waals surface area (Å²) in [4.78, 5) is 0. The first-order valence-electron chi connectivity index (χ1n) is 8.09. The second-order valence-corrected chi connectivity index (χ2v) is 5.49. The van der Waals surface area contributed by atoms with Crippen LogP contribution in [0.25, 0.3) is 11.1 Å². The van der Waals surface area contributed by atoms with Crippen molar-refractivity contribution in [2.45, 2.75) is 32.6 Å². The highest BCUT2D eigenvalue weighted by Gasteiger charge is 2.06. The van der Waals surface area contributed by atoms with E-state index in [1.165, 1.54) is 16.7 Å². The maximum absolute atomic E-state index is 9.26. The van der Waals surface area contributed by atoms with Gasteiger partial charge in [-0.15, -0.1) is 0 Å². The smallest absolute Gasteiger partial charge is 0.109 e. The molecule has 0 bridgehead atoms. The molecule has 0 heterocycles. The SMILES string of the molecule is CC/C(OC)=C(\C#N)CCCc1cccc(-c2ccccc2)c1. The molecule has 23 heavy (non-hydrogen) atoms. The minimum Gasteiger partial charge on any atom is -0.500 e. The van der Waals surface area contributed by atoms with Crippen LogP contribution in [0.3, 0.4) is 0 Å². The summed E-state index contributed by atoms with van der Waals surface area (Å²) < 4.78 is 5.29. The van der Waals surface area contributed by atoms with Gasteiger partial charge in [0.1, 0.15) is 5.76 Å². The normalized spacial score (nSPS) is 11.5. The van der Waals surface area contributed by atoms with Crippen LogP contribution in [0, 0.1) is 11.3 Å². The van der Waals surface area contributed by atoms with Crippen molar-refractivity contribution in [1.29, 1.82) is 5.26 Å². The van der Waals surface area contributed by atoms with Crippen LogP contribution in [0.1, 0.15) is 31.7 Å². The van der Waals surface area contributed by atoms with Gasteiger partial charge in [-0.1, -0.05) is 61.5 Å². The van der Waals surface area contributed by atoms with Gasteiger partial charge in [0.05, 0.1) is 18.8 Å². The lowest BCUT2D eigenvalue weighted by atomic mass is 9.99. The fourth-order valence-corrected chi connectivity index (χ4v) is 2.74. The van der Waals surface area contributed by atoms with E-state index in [2.05, 4.69) is 54.6 Å². The number of benzene rings is 2. The number of rotatable bonds is 7. The van der Waals surface area contributed by atoms with E-state index in [-0.39, 0.29) is 0 Å². The van der Waals surface area contributed by atoms with Gasteiger partial charge < -0.3 is 4.74 Å². The molecule has 0 atom stereocenters. The van der Waals surface area contributed by atoms with Gasteiger partial charge in [-0.05, 0) is 36.0 Å². The van der Waals surface area contributed by atoms with Crippen LogP contribution in [0.4, 0.5) is 0 Å². The second kappa shape index (κ2) is 8.80. The van der Waals surface area contributed by atoms with E-state index in [9.17, 15) is 5.26 Å². The third kappa shape index (κ3) is 4.72. The number of allylic oxidation sites excluding steroid dienone is 2. The third-order valence-corrected chi connectivity index (χ3v) is 3.97. The average Bonchev–Trinajstić information content (AvgIpc) is 2.62. The van der Waals surface area contributed by atoms with Gasteiger partial charge >= 0.3 is 0 Å². The van der Waals surface area contributed by atoms with Crippen molar-refractivity contribution in [3.8, 4) is 17.2 Å². The number of hydrogen-bond acceptors (Lipinski definition) is 2. The molecule has 0 saturated carbocycles. The van der Waals surface area contributed by atoms with Crippen molar-refractivity contribution < 1.29 is 4.74 Å². The molecule has 0 saturated heterocycles. The van der Waals surface area contributed by atoms with Gasteiger partial charge in [-0.3, -0.25) is 0 Å². The highest BCUT2D eigenvalue weighted by molar-refractivity contribution is 5.63. The van der Waals surface area contributed by atoms with E-state index < -0.39 is 0 Å². The Morgan fingerprint density at radius 3 is 2.43 bits per heavy atom. The zero-order valence-corrected chi connectivity index (χ0v) is 13.9. The van der Waals surface area contributed by atoms with Crippen molar-refractivity contribution in [3.05, 3.63) is 71.5 Å². The first-order valence-corrected chi connectivity index (χ1v) is 8.09. The van der Waals surface area contributed by atoms with Gasteiger partial charge in [-0.2, -0.15) is 5.26 Å². The predicted molar refractivity (Wildman–Crippen MR) is 94.8 cm³/mol. The van der Waals surface area contributed by atoms with Crippen LogP contribution in [-0.2, 0) is 11.2 Å². The lowest BCUT2D eigenvalue weighted by Crippen LogP contribution is -1.94. The van der Waals surface area contributed by atoms with E-state index in [0.717, 1.165) is 37.0 Å². The van der Waals surface area contributed by atoms with Gasteiger partial charge in [0, 0.05) is 6.42 Å². The zero-order chi connectivity index (χ0) is 16.5. The fourth-order valence-electron chi connectivity index (χ4n) is 2.74.